The van der Waals surface area contributed by atoms with Crippen LogP contribution in [-0.2, 0) is 9.53 Å². The van der Waals surface area contributed by atoms with Crippen LogP contribution in [0.1, 0.15) is 66.0 Å². The topological polar surface area (TPSA) is 77.1 Å². The van der Waals surface area contributed by atoms with Gasteiger partial charge in [0.05, 0.1) is 19.3 Å². The van der Waals surface area contributed by atoms with Crippen LogP contribution >= 0.6 is 0 Å². The lowest BCUT2D eigenvalue weighted by Crippen LogP contribution is -2.45. The highest BCUT2D eigenvalue weighted by molar-refractivity contribution is 5.79. The molecule has 2 rings (SSSR count). The summed E-state index contributed by atoms with van der Waals surface area (Å²) in [6, 6.07) is 5.59. The Labute approximate surface area is 180 Å². The van der Waals surface area contributed by atoms with Gasteiger partial charge in [0.2, 0.25) is 5.91 Å². The summed E-state index contributed by atoms with van der Waals surface area (Å²) in [6.45, 7) is 13.5. The standard InChI is InChI=1S/C23H36N2O5/c1-7-28-19-10-9-18(15-20(19)29-8-2)16(3)24-21(26)17-11-13-25(14-12-17)22(27)30-23(4,5)6/h9-10,15-17H,7-8,11-14H2,1-6H3,(H,24,26). The van der Waals surface area contributed by atoms with Crippen LogP contribution in [0, 0.1) is 5.92 Å². The van der Waals surface area contributed by atoms with Gasteiger partial charge in [0.25, 0.3) is 0 Å². The summed E-state index contributed by atoms with van der Waals surface area (Å²) >= 11 is 0. The van der Waals surface area contributed by atoms with Gasteiger partial charge in [0, 0.05) is 19.0 Å². The lowest BCUT2D eigenvalue weighted by Gasteiger charge is -2.33. The number of benzene rings is 1. The second-order valence-corrected chi connectivity index (χ2v) is 8.54. The van der Waals surface area contributed by atoms with Crippen molar-refractivity contribution in [1.29, 1.82) is 0 Å². The maximum absolute atomic E-state index is 12.8. The molecule has 0 saturated carbocycles. The third kappa shape index (κ3) is 6.82. The fraction of sp³-hybridized carbons (Fsp3) is 0.652. The first-order valence-corrected chi connectivity index (χ1v) is 10.8. The van der Waals surface area contributed by atoms with Crippen molar-refractivity contribution in [2.24, 2.45) is 5.92 Å². The van der Waals surface area contributed by atoms with E-state index in [1.807, 2.05) is 59.7 Å². The number of rotatable bonds is 7. The van der Waals surface area contributed by atoms with Crippen molar-refractivity contribution in [2.45, 2.75) is 66.0 Å². The second-order valence-electron chi connectivity index (χ2n) is 8.54. The van der Waals surface area contributed by atoms with Crippen LogP contribution in [0.4, 0.5) is 4.79 Å². The maximum Gasteiger partial charge on any atom is 0.410 e. The van der Waals surface area contributed by atoms with E-state index in [9.17, 15) is 9.59 Å². The van der Waals surface area contributed by atoms with Gasteiger partial charge in [0.15, 0.2) is 11.5 Å². The molecule has 7 heteroatoms. The lowest BCUT2D eigenvalue weighted by atomic mass is 9.95. The first-order chi connectivity index (χ1) is 14.1. The third-order valence-electron chi connectivity index (χ3n) is 4.94. The Balaban J connectivity index is 1.92. The first-order valence-electron chi connectivity index (χ1n) is 10.8. The average Bonchev–Trinajstić information content (AvgIpc) is 2.68. The van der Waals surface area contributed by atoms with E-state index in [0.717, 1.165) is 5.56 Å². The van der Waals surface area contributed by atoms with Crippen molar-refractivity contribution in [2.75, 3.05) is 26.3 Å². The van der Waals surface area contributed by atoms with E-state index in [-0.39, 0.29) is 24.0 Å². The van der Waals surface area contributed by atoms with Gasteiger partial charge in [-0.05, 0) is 72.1 Å². The molecule has 1 unspecified atom stereocenters. The molecule has 1 aliphatic rings. The van der Waals surface area contributed by atoms with Gasteiger partial charge in [-0.15, -0.1) is 0 Å². The Bertz CT molecular complexity index is 721. The first kappa shape index (κ1) is 23.8. The molecule has 2 amide bonds. The zero-order valence-electron chi connectivity index (χ0n) is 19.1. The molecule has 0 radical (unpaired) electrons. The molecular weight excluding hydrogens is 384 g/mol. The van der Waals surface area contributed by atoms with E-state index in [2.05, 4.69) is 5.32 Å². The molecule has 168 valence electrons. The number of carbonyl (C=O) groups excluding carboxylic acids is 2. The zero-order chi connectivity index (χ0) is 22.3. The van der Waals surface area contributed by atoms with Crippen molar-refractivity contribution in [3.05, 3.63) is 23.8 Å². The molecule has 1 heterocycles. The quantitative estimate of drug-likeness (QED) is 0.711. The number of hydrogen-bond donors (Lipinski definition) is 1. The van der Waals surface area contributed by atoms with Crippen LogP contribution in [0.5, 0.6) is 11.5 Å². The molecule has 0 bridgehead atoms. The summed E-state index contributed by atoms with van der Waals surface area (Å²) in [5, 5.41) is 3.10. The maximum atomic E-state index is 12.8. The summed E-state index contributed by atoms with van der Waals surface area (Å²) in [5.74, 6) is 1.29. The molecule has 1 aliphatic heterocycles. The highest BCUT2D eigenvalue weighted by Gasteiger charge is 2.30. The summed E-state index contributed by atoms with van der Waals surface area (Å²) < 4.78 is 16.7. The van der Waals surface area contributed by atoms with E-state index in [1.165, 1.54) is 0 Å². The predicted octanol–water partition coefficient (Wildman–Crippen LogP) is 4.31. The number of nitrogens with one attached hydrogen (secondary N) is 1. The van der Waals surface area contributed by atoms with Crippen molar-refractivity contribution in [3.8, 4) is 11.5 Å². The molecule has 0 spiro atoms. The van der Waals surface area contributed by atoms with Gasteiger partial charge in [-0.1, -0.05) is 6.07 Å². The number of piperidine rings is 1. The minimum absolute atomic E-state index is 0.0122. The molecule has 1 fully saturated rings. The van der Waals surface area contributed by atoms with E-state index in [0.29, 0.717) is 50.6 Å². The summed E-state index contributed by atoms with van der Waals surface area (Å²) in [5.41, 5.74) is 0.445. The molecule has 1 aromatic rings. The van der Waals surface area contributed by atoms with Crippen molar-refractivity contribution in [1.82, 2.24) is 10.2 Å². The van der Waals surface area contributed by atoms with Gasteiger partial charge >= 0.3 is 6.09 Å². The van der Waals surface area contributed by atoms with Crippen LogP contribution in [0.2, 0.25) is 0 Å². The molecule has 30 heavy (non-hydrogen) atoms. The SMILES string of the molecule is CCOc1ccc(C(C)NC(=O)C2CCN(C(=O)OC(C)(C)C)CC2)cc1OCC. The summed E-state index contributed by atoms with van der Waals surface area (Å²) in [6.07, 6.45) is 0.948. The highest BCUT2D eigenvalue weighted by Crippen LogP contribution is 2.31. The molecule has 7 nitrogen and oxygen atoms in total. The number of likely N-dealkylation sites (tertiary alicyclic amines) is 1. The molecule has 1 N–H and O–H groups in total. The summed E-state index contributed by atoms with van der Waals surface area (Å²) in [4.78, 5) is 26.6. The molecular formula is C23H36N2O5. The molecule has 1 saturated heterocycles. The largest absolute Gasteiger partial charge is 0.490 e. The Kier molecular flexibility index (Phi) is 8.38. The Morgan fingerprint density at radius 3 is 2.27 bits per heavy atom. The zero-order valence-corrected chi connectivity index (χ0v) is 19.1. The Morgan fingerprint density at radius 2 is 1.70 bits per heavy atom. The number of hydrogen-bond acceptors (Lipinski definition) is 5. The van der Waals surface area contributed by atoms with Crippen molar-refractivity contribution < 1.29 is 23.8 Å². The Morgan fingerprint density at radius 1 is 1.10 bits per heavy atom. The minimum Gasteiger partial charge on any atom is -0.490 e. The van der Waals surface area contributed by atoms with E-state index in [1.54, 1.807) is 4.90 Å². The summed E-state index contributed by atoms with van der Waals surface area (Å²) in [7, 11) is 0. The second kappa shape index (κ2) is 10.5. The fourth-order valence-corrected chi connectivity index (χ4v) is 3.40. The Hall–Kier alpha value is -2.44. The molecule has 0 aliphatic carbocycles. The van der Waals surface area contributed by atoms with Crippen molar-refractivity contribution in [3.63, 3.8) is 0 Å². The van der Waals surface area contributed by atoms with Crippen LogP contribution in [0.3, 0.4) is 0 Å². The minimum atomic E-state index is -0.515. The number of carbonyl (C=O) groups is 2. The van der Waals surface area contributed by atoms with E-state index < -0.39 is 5.60 Å². The molecule has 1 aromatic carbocycles. The van der Waals surface area contributed by atoms with Gasteiger partial charge in [0.1, 0.15) is 5.60 Å². The van der Waals surface area contributed by atoms with Crippen molar-refractivity contribution >= 4 is 12.0 Å². The third-order valence-corrected chi connectivity index (χ3v) is 4.94. The fourth-order valence-electron chi connectivity index (χ4n) is 3.40. The molecule has 1 atom stereocenters. The lowest BCUT2D eigenvalue weighted by molar-refractivity contribution is -0.127. The number of nitrogens with zero attached hydrogens (tertiary/aromatic N) is 1. The number of amides is 2. The van der Waals surface area contributed by atoms with E-state index >= 15 is 0 Å². The van der Waals surface area contributed by atoms with Gasteiger partial charge in [-0.3, -0.25) is 4.79 Å². The predicted molar refractivity (Wildman–Crippen MR) is 116 cm³/mol. The average molecular weight is 421 g/mol. The van der Waals surface area contributed by atoms with Gasteiger partial charge < -0.3 is 24.4 Å². The smallest absolute Gasteiger partial charge is 0.410 e. The number of ether oxygens (including phenoxy) is 3. The normalized spacial score (nSPS) is 16.0. The highest BCUT2D eigenvalue weighted by atomic mass is 16.6. The van der Waals surface area contributed by atoms with Gasteiger partial charge in [-0.2, -0.15) is 0 Å². The van der Waals surface area contributed by atoms with Crippen LogP contribution in [-0.4, -0.2) is 48.8 Å². The van der Waals surface area contributed by atoms with Gasteiger partial charge in [-0.25, -0.2) is 4.79 Å². The van der Waals surface area contributed by atoms with Crippen LogP contribution in [0.25, 0.3) is 0 Å². The monoisotopic (exact) mass is 420 g/mol. The van der Waals surface area contributed by atoms with Crippen LogP contribution < -0.4 is 14.8 Å². The van der Waals surface area contributed by atoms with Crippen LogP contribution in [0.15, 0.2) is 18.2 Å². The molecule has 0 aromatic heterocycles. The van der Waals surface area contributed by atoms with E-state index in [4.69, 9.17) is 14.2 Å².